The van der Waals surface area contributed by atoms with Gasteiger partial charge in [0.15, 0.2) is 0 Å². The number of hydrogen-bond donors (Lipinski definition) is 2. The van der Waals surface area contributed by atoms with E-state index in [0.717, 1.165) is 10.9 Å². The molecular weight excluding hydrogens is 228 g/mol. The molecule has 18 heavy (non-hydrogen) atoms. The first-order chi connectivity index (χ1) is 8.84. The SMILES string of the molecule is O=C(Nc1cn[nH]c1)c1cccc2ncccc12. The molecule has 3 aromatic rings. The van der Waals surface area contributed by atoms with E-state index in [0.29, 0.717) is 11.3 Å². The zero-order valence-electron chi connectivity index (χ0n) is 9.42. The summed E-state index contributed by atoms with van der Waals surface area (Å²) < 4.78 is 0. The minimum absolute atomic E-state index is 0.171. The lowest BCUT2D eigenvalue weighted by Gasteiger charge is -2.05. The Labute approximate surface area is 103 Å². The summed E-state index contributed by atoms with van der Waals surface area (Å²) >= 11 is 0. The fourth-order valence-corrected chi connectivity index (χ4v) is 1.82. The number of carbonyl (C=O) groups excluding carboxylic acids is 1. The van der Waals surface area contributed by atoms with E-state index in [1.165, 1.54) is 0 Å². The van der Waals surface area contributed by atoms with Crippen molar-refractivity contribution < 1.29 is 4.79 Å². The Morgan fingerprint density at radius 3 is 3.00 bits per heavy atom. The zero-order chi connectivity index (χ0) is 12.4. The number of pyridine rings is 1. The number of H-pyrrole nitrogens is 1. The molecule has 5 nitrogen and oxygen atoms in total. The monoisotopic (exact) mass is 238 g/mol. The van der Waals surface area contributed by atoms with E-state index in [-0.39, 0.29) is 5.91 Å². The van der Waals surface area contributed by atoms with Gasteiger partial charge in [-0.15, -0.1) is 0 Å². The molecule has 1 amide bonds. The topological polar surface area (TPSA) is 70.7 Å². The van der Waals surface area contributed by atoms with Gasteiger partial charge in [-0.05, 0) is 18.2 Å². The highest BCUT2D eigenvalue weighted by atomic mass is 16.1. The molecule has 0 fully saturated rings. The molecule has 1 aromatic carbocycles. The van der Waals surface area contributed by atoms with Gasteiger partial charge in [0.1, 0.15) is 0 Å². The van der Waals surface area contributed by atoms with Gasteiger partial charge in [0, 0.05) is 23.3 Å². The molecule has 0 aliphatic carbocycles. The third-order valence-electron chi connectivity index (χ3n) is 2.65. The number of nitrogens with one attached hydrogen (secondary N) is 2. The van der Waals surface area contributed by atoms with E-state index in [9.17, 15) is 4.79 Å². The number of fused-ring (bicyclic) bond motifs is 1. The Bertz CT molecular complexity index is 686. The van der Waals surface area contributed by atoms with Crippen molar-refractivity contribution in [1.29, 1.82) is 0 Å². The first-order valence-corrected chi connectivity index (χ1v) is 5.48. The van der Waals surface area contributed by atoms with Crippen molar-refractivity contribution >= 4 is 22.5 Å². The van der Waals surface area contributed by atoms with E-state index in [1.807, 2.05) is 24.3 Å². The van der Waals surface area contributed by atoms with E-state index in [1.54, 1.807) is 24.7 Å². The van der Waals surface area contributed by atoms with E-state index >= 15 is 0 Å². The van der Waals surface area contributed by atoms with Crippen molar-refractivity contribution in [3.63, 3.8) is 0 Å². The summed E-state index contributed by atoms with van der Waals surface area (Å²) in [4.78, 5) is 16.4. The fourth-order valence-electron chi connectivity index (χ4n) is 1.82. The van der Waals surface area contributed by atoms with Crippen molar-refractivity contribution in [2.45, 2.75) is 0 Å². The van der Waals surface area contributed by atoms with E-state index in [2.05, 4.69) is 20.5 Å². The van der Waals surface area contributed by atoms with Crippen LogP contribution in [0.1, 0.15) is 10.4 Å². The Morgan fingerprint density at radius 2 is 2.17 bits per heavy atom. The molecule has 5 heteroatoms. The number of aromatic amines is 1. The van der Waals surface area contributed by atoms with Gasteiger partial charge in [-0.3, -0.25) is 14.9 Å². The lowest BCUT2D eigenvalue weighted by molar-refractivity contribution is 0.102. The molecule has 3 rings (SSSR count). The van der Waals surface area contributed by atoms with Crippen LogP contribution in [0.5, 0.6) is 0 Å². The third-order valence-corrected chi connectivity index (χ3v) is 2.65. The van der Waals surface area contributed by atoms with Crippen molar-refractivity contribution in [2.75, 3.05) is 5.32 Å². The molecular formula is C13H10N4O. The molecule has 2 aromatic heterocycles. The maximum atomic E-state index is 12.1. The maximum absolute atomic E-state index is 12.1. The van der Waals surface area contributed by atoms with Crippen LogP contribution in [-0.4, -0.2) is 21.1 Å². The number of nitrogens with zero attached hydrogens (tertiary/aromatic N) is 2. The average molecular weight is 238 g/mol. The molecule has 0 spiro atoms. The minimum atomic E-state index is -0.171. The van der Waals surface area contributed by atoms with Crippen LogP contribution >= 0.6 is 0 Å². The summed E-state index contributed by atoms with van der Waals surface area (Å²) in [5.74, 6) is -0.171. The highest BCUT2D eigenvalue weighted by Gasteiger charge is 2.10. The predicted octanol–water partition coefficient (Wildman–Crippen LogP) is 2.21. The second-order valence-electron chi connectivity index (χ2n) is 3.82. The molecule has 0 atom stereocenters. The van der Waals surface area contributed by atoms with Crippen LogP contribution < -0.4 is 5.32 Å². The molecule has 0 saturated carbocycles. The van der Waals surface area contributed by atoms with Crippen molar-refractivity contribution in [1.82, 2.24) is 15.2 Å². The predicted molar refractivity (Wildman–Crippen MR) is 68.3 cm³/mol. The third kappa shape index (κ3) is 1.82. The number of benzene rings is 1. The van der Waals surface area contributed by atoms with Gasteiger partial charge in [-0.1, -0.05) is 12.1 Å². The number of amides is 1. The molecule has 2 N–H and O–H groups in total. The van der Waals surface area contributed by atoms with Gasteiger partial charge >= 0.3 is 0 Å². The maximum Gasteiger partial charge on any atom is 0.256 e. The molecule has 0 bridgehead atoms. The van der Waals surface area contributed by atoms with Crippen LogP contribution in [0.25, 0.3) is 10.9 Å². The smallest absolute Gasteiger partial charge is 0.256 e. The largest absolute Gasteiger partial charge is 0.319 e. The van der Waals surface area contributed by atoms with Crippen molar-refractivity contribution in [2.24, 2.45) is 0 Å². The normalized spacial score (nSPS) is 10.4. The lowest BCUT2D eigenvalue weighted by Crippen LogP contribution is -2.11. The van der Waals surface area contributed by atoms with Gasteiger partial charge < -0.3 is 5.32 Å². The van der Waals surface area contributed by atoms with Gasteiger partial charge in [-0.25, -0.2) is 0 Å². The fraction of sp³-hybridized carbons (Fsp3) is 0. The Kier molecular flexibility index (Phi) is 2.49. The molecule has 0 aliphatic rings. The van der Waals surface area contributed by atoms with E-state index in [4.69, 9.17) is 0 Å². The number of anilines is 1. The van der Waals surface area contributed by atoms with Crippen molar-refractivity contribution in [3.8, 4) is 0 Å². The van der Waals surface area contributed by atoms with Crippen LogP contribution in [0, 0.1) is 0 Å². The van der Waals surface area contributed by atoms with Gasteiger partial charge in [-0.2, -0.15) is 5.10 Å². The molecule has 88 valence electrons. The van der Waals surface area contributed by atoms with Gasteiger partial charge in [0.2, 0.25) is 0 Å². The highest BCUT2D eigenvalue weighted by Crippen LogP contribution is 2.17. The first kappa shape index (κ1) is 10.5. The second-order valence-corrected chi connectivity index (χ2v) is 3.82. The number of carbonyl (C=O) groups is 1. The molecule has 0 aliphatic heterocycles. The van der Waals surface area contributed by atoms with Gasteiger partial charge in [0.05, 0.1) is 17.4 Å². The van der Waals surface area contributed by atoms with E-state index < -0.39 is 0 Å². The summed E-state index contributed by atoms with van der Waals surface area (Å²) in [5, 5.41) is 10.0. The second kappa shape index (κ2) is 4.29. The summed E-state index contributed by atoms with van der Waals surface area (Å²) in [6.45, 7) is 0. The quantitative estimate of drug-likeness (QED) is 0.719. The van der Waals surface area contributed by atoms with Crippen LogP contribution in [-0.2, 0) is 0 Å². The zero-order valence-corrected chi connectivity index (χ0v) is 9.42. The first-order valence-electron chi connectivity index (χ1n) is 5.48. The summed E-state index contributed by atoms with van der Waals surface area (Å²) in [6.07, 6.45) is 4.89. The molecule has 0 radical (unpaired) electrons. The van der Waals surface area contributed by atoms with Gasteiger partial charge in [0.25, 0.3) is 5.91 Å². The van der Waals surface area contributed by atoms with Crippen LogP contribution in [0.3, 0.4) is 0 Å². The molecule has 2 heterocycles. The number of rotatable bonds is 2. The highest BCUT2D eigenvalue weighted by molar-refractivity contribution is 6.12. The molecule has 0 unspecified atom stereocenters. The number of aromatic nitrogens is 3. The van der Waals surface area contributed by atoms with Crippen molar-refractivity contribution in [3.05, 3.63) is 54.5 Å². The molecule has 0 saturated heterocycles. The summed E-state index contributed by atoms with van der Waals surface area (Å²) in [6, 6.07) is 9.17. The Hall–Kier alpha value is -2.69. The summed E-state index contributed by atoms with van der Waals surface area (Å²) in [7, 11) is 0. The van der Waals surface area contributed by atoms with Crippen LogP contribution in [0.2, 0.25) is 0 Å². The standard InChI is InChI=1S/C13H10N4O/c18-13(17-9-7-15-16-8-9)11-3-1-5-12-10(11)4-2-6-14-12/h1-8H,(H,15,16)(H,17,18). The lowest BCUT2D eigenvalue weighted by atomic mass is 10.1. The number of hydrogen-bond acceptors (Lipinski definition) is 3. The summed E-state index contributed by atoms with van der Waals surface area (Å²) in [5.41, 5.74) is 2.04. The Morgan fingerprint density at radius 1 is 1.22 bits per heavy atom. The van der Waals surface area contributed by atoms with Crippen LogP contribution in [0.15, 0.2) is 48.9 Å². The van der Waals surface area contributed by atoms with Crippen LogP contribution in [0.4, 0.5) is 5.69 Å². The Balaban J connectivity index is 2.01. The average Bonchev–Trinajstić information content (AvgIpc) is 2.91. The minimum Gasteiger partial charge on any atom is -0.319 e.